The van der Waals surface area contributed by atoms with Gasteiger partial charge in [0.25, 0.3) is 0 Å². The van der Waals surface area contributed by atoms with Crippen LogP contribution < -0.4 is 5.73 Å². The molecule has 4 N–H and O–H groups in total. The molecule has 0 fully saturated rings. The number of alkyl halides is 3. The second kappa shape index (κ2) is 6.94. The lowest BCUT2D eigenvalue weighted by Gasteiger charge is -2.33. The van der Waals surface area contributed by atoms with Gasteiger partial charge < -0.3 is 15.9 Å². The standard InChI is InChI=1S/C11H20F3NO3/c1-2-3-4-5-6-7-10(18,11(12,13)14)8(15)9(16)17/h8,18H,2-7,15H2,1H3,(H,16,17)/t8-,10+/m1/s1. The number of carboxylic acids is 1. The third-order valence-corrected chi connectivity index (χ3v) is 2.93. The summed E-state index contributed by atoms with van der Waals surface area (Å²) in [5.74, 6) is -1.86. The molecule has 0 heterocycles. The van der Waals surface area contributed by atoms with Crippen LogP contribution in [0.5, 0.6) is 0 Å². The van der Waals surface area contributed by atoms with Crippen molar-refractivity contribution in [3.63, 3.8) is 0 Å². The van der Waals surface area contributed by atoms with Gasteiger partial charge in [-0.25, -0.2) is 0 Å². The summed E-state index contributed by atoms with van der Waals surface area (Å²) in [6, 6.07) is -2.36. The fourth-order valence-electron chi connectivity index (χ4n) is 1.68. The fourth-order valence-corrected chi connectivity index (χ4v) is 1.68. The Morgan fingerprint density at radius 1 is 1.22 bits per heavy atom. The quantitative estimate of drug-likeness (QED) is 0.590. The first kappa shape index (κ1) is 17.2. The number of nitrogens with two attached hydrogens (primary N) is 1. The predicted octanol–water partition coefficient (Wildman–Crippen LogP) is 2.05. The topological polar surface area (TPSA) is 83.5 Å². The van der Waals surface area contributed by atoms with Gasteiger partial charge in [0.05, 0.1) is 0 Å². The molecule has 0 rings (SSSR count). The van der Waals surface area contributed by atoms with Crippen molar-refractivity contribution in [2.75, 3.05) is 0 Å². The highest BCUT2D eigenvalue weighted by atomic mass is 19.4. The van der Waals surface area contributed by atoms with Crippen LogP contribution in [0.15, 0.2) is 0 Å². The number of unbranched alkanes of at least 4 members (excludes halogenated alkanes) is 4. The number of rotatable bonds is 8. The first-order valence-corrected chi connectivity index (χ1v) is 5.94. The van der Waals surface area contributed by atoms with Gasteiger partial charge in [-0.3, -0.25) is 4.79 Å². The second-order valence-electron chi connectivity index (χ2n) is 4.40. The zero-order valence-electron chi connectivity index (χ0n) is 10.3. The van der Waals surface area contributed by atoms with Crippen LogP contribution in [-0.4, -0.2) is 34.0 Å². The maximum Gasteiger partial charge on any atom is 0.419 e. The number of aliphatic carboxylic acids is 1. The fraction of sp³-hybridized carbons (Fsp3) is 0.909. The van der Waals surface area contributed by atoms with E-state index in [9.17, 15) is 23.1 Å². The zero-order valence-corrected chi connectivity index (χ0v) is 10.3. The molecule has 108 valence electrons. The van der Waals surface area contributed by atoms with Gasteiger partial charge in [-0.2, -0.15) is 13.2 Å². The zero-order chi connectivity index (χ0) is 14.4. The van der Waals surface area contributed by atoms with E-state index in [1.807, 2.05) is 6.92 Å². The lowest BCUT2D eigenvalue weighted by atomic mass is 9.87. The largest absolute Gasteiger partial charge is 0.480 e. The van der Waals surface area contributed by atoms with Crippen molar-refractivity contribution >= 4 is 5.97 Å². The van der Waals surface area contributed by atoms with Crippen LogP contribution in [0, 0.1) is 0 Å². The van der Waals surface area contributed by atoms with Crippen molar-refractivity contribution < 1.29 is 28.2 Å². The average Bonchev–Trinajstić information content (AvgIpc) is 2.25. The summed E-state index contributed by atoms with van der Waals surface area (Å²) in [6.45, 7) is 1.96. The van der Waals surface area contributed by atoms with E-state index in [0.29, 0.717) is 6.42 Å². The molecule has 0 aliphatic carbocycles. The molecular formula is C11H20F3NO3. The van der Waals surface area contributed by atoms with Gasteiger partial charge in [0.15, 0.2) is 5.60 Å². The number of hydrogen-bond acceptors (Lipinski definition) is 3. The molecule has 2 atom stereocenters. The van der Waals surface area contributed by atoms with E-state index in [-0.39, 0.29) is 6.42 Å². The summed E-state index contributed by atoms with van der Waals surface area (Å²) in [6.07, 6.45) is -2.53. The summed E-state index contributed by atoms with van der Waals surface area (Å²) in [4.78, 5) is 10.5. The van der Waals surface area contributed by atoms with Crippen molar-refractivity contribution in [2.24, 2.45) is 5.73 Å². The highest BCUT2D eigenvalue weighted by Gasteiger charge is 2.59. The van der Waals surface area contributed by atoms with E-state index >= 15 is 0 Å². The molecule has 0 aromatic heterocycles. The Hall–Kier alpha value is -0.820. The molecular weight excluding hydrogens is 251 g/mol. The third kappa shape index (κ3) is 4.45. The summed E-state index contributed by atoms with van der Waals surface area (Å²) >= 11 is 0. The van der Waals surface area contributed by atoms with Crippen molar-refractivity contribution in [3.8, 4) is 0 Å². The Morgan fingerprint density at radius 3 is 2.11 bits per heavy atom. The van der Waals surface area contributed by atoms with E-state index in [1.54, 1.807) is 0 Å². The van der Waals surface area contributed by atoms with Gasteiger partial charge in [-0.15, -0.1) is 0 Å². The molecule has 0 unspecified atom stereocenters. The van der Waals surface area contributed by atoms with E-state index in [2.05, 4.69) is 0 Å². The Morgan fingerprint density at radius 2 is 1.72 bits per heavy atom. The highest BCUT2D eigenvalue weighted by molar-refractivity contribution is 5.75. The summed E-state index contributed by atoms with van der Waals surface area (Å²) in [5, 5.41) is 18.0. The van der Waals surface area contributed by atoms with Gasteiger partial charge in [-0.1, -0.05) is 39.0 Å². The lowest BCUT2D eigenvalue weighted by molar-refractivity contribution is -0.270. The molecule has 0 aliphatic rings. The number of halogens is 3. The van der Waals surface area contributed by atoms with Gasteiger partial charge in [0.2, 0.25) is 0 Å². The molecule has 0 bridgehead atoms. The minimum absolute atomic E-state index is 0.0942. The Bertz CT molecular complexity index is 271. The van der Waals surface area contributed by atoms with Crippen LogP contribution in [0.1, 0.15) is 45.4 Å². The summed E-state index contributed by atoms with van der Waals surface area (Å²) in [7, 11) is 0. The van der Waals surface area contributed by atoms with Crippen LogP contribution in [0.2, 0.25) is 0 Å². The molecule has 0 saturated heterocycles. The monoisotopic (exact) mass is 271 g/mol. The van der Waals surface area contributed by atoms with E-state index in [4.69, 9.17) is 10.8 Å². The highest BCUT2D eigenvalue weighted by Crippen LogP contribution is 2.36. The molecule has 0 radical (unpaired) electrons. The Labute approximate surface area is 104 Å². The van der Waals surface area contributed by atoms with E-state index < -0.39 is 30.2 Å². The maximum absolute atomic E-state index is 12.7. The van der Waals surface area contributed by atoms with Crippen LogP contribution in [0.4, 0.5) is 13.2 Å². The van der Waals surface area contributed by atoms with E-state index in [0.717, 1.165) is 19.3 Å². The molecule has 0 saturated carbocycles. The molecule has 0 aromatic carbocycles. The lowest BCUT2D eigenvalue weighted by Crippen LogP contribution is -2.61. The van der Waals surface area contributed by atoms with Crippen LogP contribution >= 0.6 is 0 Å². The minimum atomic E-state index is -5.05. The molecule has 4 nitrogen and oxygen atoms in total. The number of aliphatic hydroxyl groups is 1. The molecule has 18 heavy (non-hydrogen) atoms. The SMILES string of the molecule is CCCCCCC[C@](O)([C@H](N)C(=O)O)C(F)(F)F. The Kier molecular flexibility index (Phi) is 6.62. The average molecular weight is 271 g/mol. The van der Waals surface area contributed by atoms with Gasteiger partial charge in [0.1, 0.15) is 6.04 Å². The smallest absolute Gasteiger partial charge is 0.419 e. The van der Waals surface area contributed by atoms with Crippen molar-refractivity contribution in [1.29, 1.82) is 0 Å². The number of hydrogen-bond donors (Lipinski definition) is 3. The first-order valence-electron chi connectivity index (χ1n) is 5.94. The number of carboxylic acid groups (broad SMARTS) is 1. The second-order valence-corrected chi connectivity index (χ2v) is 4.40. The molecule has 0 aliphatic heterocycles. The third-order valence-electron chi connectivity index (χ3n) is 2.93. The maximum atomic E-state index is 12.7. The van der Waals surface area contributed by atoms with Crippen LogP contribution in [0.25, 0.3) is 0 Å². The van der Waals surface area contributed by atoms with Gasteiger partial charge in [-0.05, 0) is 6.42 Å². The van der Waals surface area contributed by atoms with Gasteiger partial charge in [0, 0.05) is 0 Å². The van der Waals surface area contributed by atoms with Crippen molar-refractivity contribution in [2.45, 2.75) is 63.3 Å². The summed E-state index contributed by atoms with van der Waals surface area (Å²) < 4.78 is 38.1. The van der Waals surface area contributed by atoms with Crippen LogP contribution in [-0.2, 0) is 4.79 Å². The van der Waals surface area contributed by atoms with Crippen molar-refractivity contribution in [1.82, 2.24) is 0 Å². The number of carbonyl (C=O) groups is 1. The minimum Gasteiger partial charge on any atom is -0.480 e. The summed E-state index contributed by atoms with van der Waals surface area (Å²) in [5.41, 5.74) is 1.60. The molecule has 0 amide bonds. The first-order chi connectivity index (χ1) is 8.16. The van der Waals surface area contributed by atoms with Crippen molar-refractivity contribution in [3.05, 3.63) is 0 Å². The normalized spacial score (nSPS) is 17.2. The Balaban J connectivity index is 4.56. The van der Waals surface area contributed by atoms with Gasteiger partial charge >= 0.3 is 12.1 Å². The predicted molar refractivity (Wildman–Crippen MR) is 60.0 cm³/mol. The molecule has 7 heteroatoms. The van der Waals surface area contributed by atoms with Crippen LogP contribution in [0.3, 0.4) is 0 Å². The molecule has 0 spiro atoms. The van der Waals surface area contributed by atoms with E-state index in [1.165, 1.54) is 0 Å². The molecule has 0 aromatic rings.